The summed E-state index contributed by atoms with van der Waals surface area (Å²) < 4.78 is 5.05. The van der Waals surface area contributed by atoms with E-state index in [0.717, 1.165) is 39.0 Å². The number of benzene rings is 1. The van der Waals surface area contributed by atoms with Crippen molar-refractivity contribution in [2.24, 2.45) is 17.8 Å². The van der Waals surface area contributed by atoms with E-state index < -0.39 is 0 Å². The zero-order valence-electron chi connectivity index (χ0n) is 14.9. The highest BCUT2D eigenvalue weighted by atomic mass is 16.5. The molecule has 0 aliphatic carbocycles. The van der Waals surface area contributed by atoms with Gasteiger partial charge >= 0.3 is 5.97 Å². The molecule has 1 unspecified atom stereocenters. The molecule has 4 nitrogen and oxygen atoms in total. The van der Waals surface area contributed by atoms with E-state index in [-0.39, 0.29) is 11.9 Å². The number of hydrogen-bond donors (Lipinski definition) is 1. The van der Waals surface area contributed by atoms with Crippen molar-refractivity contribution in [3.63, 3.8) is 0 Å². The SMILES string of the molecule is C[C@@H]1CN(Cc2ccccc2)C[C@H](C)C1NCC[C@H]1CCOC1=O. The molecular weight excluding hydrogens is 300 g/mol. The van der Waals surface area contributed by atoms with Crippen LogP contribution in [0.15, 0.2) is 30.3 Å². The molecule has 0 bridgehead atoms. The van der Waals surface area contributed by atoms with Crippen LogP contribution in [0, 0.1) is 17.8 Å². The van der Waals surface area contributed by atoms with E-state index >= 15 is 0 Å². The highest BCUT2D eigenvalue weighted by molar-refractivity contribution is 5.74. The van der Waals surface area contributed by atoms with Crippen LogP contribution in [0.5, 0.6) is 0 Å². The van der Waals surface area contributed by atoms with Gasteiger partial charge in [0.05, 0.1) is 12.5 Å². The number of piperidine rings is 1. The third-order valence-electron chi connectivity index (χ3n) is 5.48. The average Bonchev–Trinajstić information content (AvgIpc) is 2.96. The number of carbonyl (C=O) groups excluding carboxylic acids is 1. The van der Waals surface area contributed by atoms with Crippen molar-refractivity contribution in [3.05, 3.63) is 35.9 Å². The van der Waals surface area contributed by atoms with Gasteiger partial charge in [0.25, 0.3) is 0 Å². The van der Waals surface area contributed by atoms with E-state index in [9.17, 15) is 4.79 Å². The highest BCUT2D eigenvalue weighted by Crippen LogP contribution is 2.24. The van der Waals surface area contributed by atoms with Gasteiger partial charge in [-0.15, -0.1) is 0 Å². The first-order valence-corrected chi connectivity index (χ1v) is 9.30. The second-order valence-corrected chi connectivity index (χ2v) is 7.56. The largest absolute Gasteiger partial charge is 0.465 e. The van der Waals surface area contributed by atoms with Crippen molar-refractivity contribution in [2.45, 2.75) is 39.3 Å². The lowest BCUT2D eigenvalue weighted by molar-refractivity contribution is -0.141. The predicted molar refractivity (Wildman–Crippen MR) is 95.5 cm³/mol. The van der Waals surface area contributed by atoms with Gasteiger partial charge in [0.1, 0.15) is 0 Å². The number of cyclic esters (lactones) is 1. The Morgan fingerprint density at radius 2 is 1.88 bits per heavy atom. The Hall–Kier alpha value is -1.39. The van der Waals surface area contributed by atoms with Crippen molar-refractivity contribution in [1.82, 2.24) is 10.2 Å². The normalized spacial score (nSPS) is 31.2. The molecule has 0 amide bonds. The zero-order chi connectivity index (χ0) is 16.9. The number of nitrogens with zero attached hydrogens (tertiary/aromatic N) is 1. The Labute approximate surface area is 145 Å². The van der Waals surface area contributed by atoms with Crippen LogP contribution in [0.4, 0.5) is 0 Å². The van der Waals surface area contributed by atoms with Crippen LogP contribution in [0.25, 0.3) is 0 Å². The van der Waals surface area contributed by atoms with E-state index in [4.69, 9.17) is 4.74 Å². The lowest BCUT2D eigenvalue weighted by Crippen LogP contribution is -2.53. The lowest BCUT2D eigenvalue weighted by Gasteiger charge is -2.42. The van der Waals surface area contributed by atoms with E-state index in [1.54, 1.807) is 0 Å². The average molecular weight is 330 g/mol. The van der Waals surface area contributed by atoms with Crippen molar-refractivity contribution in [3.8, 4) is 0 Å². The van der Waals surface area contributed by atoms with Crippen LogP contribution in [0.3, 0.4) is 0 Å². The van der Waals surface area contributed by atoms with Crippen LogP contribution in [-0.4, -0.2) is 43.2 Å². The first-order valence-electron chi connectivity index (χ1n) is 9.30. The predicted octanol–water partition coefficient (Wildman–Crippen LogP) is 2.69. The summed E-state index contributed by atoms with van der Waals surface area (Å²) >= 11 is 0. The summed E-state index contributed by atoms with van der Waals surface area (Å²) in [4.78, 5) is 14.1. The van der Waals surface area contributed by atoms with Crippen LogP contribution in [0.1, 0.15) is 32.3 Å². The molecule has 2 aliphatic rings. The Balaban J connectivity index is 1.45. The standard InChI is InChI=1S/C20H30N2O2/c1-15-12-22(14-17-6-4-3-5-7-17)13-16(2)19(15)21-10-8-18-9-11-24-20(18)23/h3-7,15-16,18-19,21H,8-14H2,1-2H3/t15-,16+,18-,19?/m0/s1. The monoisotopic (exact) mass is 330 g/mol. The van der Waals surface area contributed by atoms with Crippen molar-refractivity contribution < 1.29 is 9.53 Å². The van der Waals surface area contributed by atoms with Gasteiger partial charge in [0, 0.05) is 25.7 Å². The summed E-state index contributed by atoms with van der Waals surface area (Å²) in [5.41, 5.74) is 1.39. The topological polar surface area (TPSA) is 41.6 Å². The summed E-state index contributed by atoms with van der Waals surface area (Å²) in [5.74, 6) is 1.35. The first kappa shape index (κ1) is 17.4. The molecule has 0 radical (unpaired) electrons. The smallest absolute Gasteiger partial charge is 0.309 e. The van der Waals surface area contributed by atoms with Crippen molar-refractivity contribution in [2.75, 3.05) is 26.2 Å². The van der Waals surface area contributed by atoms with E-state index in [1.807, 2.05) is 0 Å². The fourth-order valence-corrected chi connectivity index (χ4v) is 4.27. The van der Waals surface area contributed by atoms with Gasteiger partial charge in [-0.05, 0) is 36.8 Å². The van der Waals surface area contributed by atoms with E-state index in [1.165, 1.54) is 5.56 Å². The number of ether oxygens (including phenoxy) is 1. The van der Waals surface area contributed by atoms with Gasteiger partial charge in [0.2, 0.25) is 0 Å². The van der Waals surface area contributed by atoms with Crippen LogP contribution >= 0.6 is 0 Å². The van der Waals surface area contributed by atoms with Gasteiger partial charge < -0.3 is 10.1 Å². The zero-order valence-corrected chi connectivity index (χ0v) is 14.9. The highest BCUT2D eigenvalue weighted by Gasteiger charge is 2.32. The maximum Gasteiger partial charge on any atom is 0.309 e. The minimum absolute atomic E-state index is 0.00410. The summed E-state index contributed by atoms with van der Waals surface area (Å²) in [7, 11) is 0. The molecule has 2 saturated heterocycles. The number of likely N-dealkylation sites (tertiary alicyclic amines) is 1. The summed E-state index contributed by atoms with van der Waals surface area (Å²) in [6.07, 6.45) is 1.80. The number of esters is 1. The minimum atomic E-state index is -0.00410. The molecule has 24 heavy (non-hydrogen) atoms. The third kappa shape index (κ3) is 4.37. The van der Waals surface area contributed by atoms with E-state index in [0.29, 0.717) is 24.5 Å². The summed E-state index contributed by atoms with van der Waals surface area (Å²) in [5, 5.41) is 3.72. The Morgan fingerprint density at radius 1 is 1.17 bits per heavy atom. The van der Waals surface area contributed by atoms with Gasteiger partial charge in [-0.25, -0.2) is 0 Å². The first-order chi connectivity index (χ1) is 11.6. The molecule has 1 aromatic carbocycles. The third-order valence-corrected chi connectivity index (χ3v) is 5.48. The molecule has 1 aromatic rings. The molecule has 0 spiro atoms. The van der Waals surface area contributed by atoms with Crippen molar-refractivity contribution in [1.29, 1.82) is 0 Å². The Bertz CT molecular complexity index is 522. The molecule has 2 fully saturated rings. The van der Waals surface area contributed by atoms with Crippen LogP contribution < -0.4 is 5.32 Å². The van der Waals surface area contributed by atoms with Crippen LogP contribution in [0.2, 0.25) is 0 Å². The number of hydrogen-bond acceptors (Lipinski definition) is 4. The molecule has 0 saturated carbocycles. The molecule has 4 atom stereocenters. The van der Waals surface area contributed by atoms with Gasteiger partial charge in [-0.2, -0.15) is 0 Å². The Morgan fingerprint density at radius 3 is 2.50 bits per heavy atom. The van der Waals surface area contributed by atoms with Gasteiger partial charge in [-0.1, -0.05) is 44.2 Å². The number of carbonyl (C=O) groups is 1. The minimum Gasteiger partial charge on any atom is -0.465 e. The van der Waals surface area contributed by atoms with Gasteiger partial charge in [0.15, 0.2) is 0 Å². The van der Waals surface area contributed by atoms with E-state index in [2.05, 4.69) is 54.4 Å². The molecule has 132 valence electrons. The quantitative estimate of drug-likeness (QED) is 0.814. The lowest BCUT2D eigenvalue weighted by atomic mass is 9.85. The van der Waals surface area contributed by atoms with Gasteiger partial charge in [-0.3, -0.25) is 9.69 Å². The molecule has 2 heterocycles. The molecule has 3 rings (SSSR count). The number of nitrogens with one attached hydrogen (secondary N) is 1. The molecule has 0 aromatic heterocycles. The Kier molecular flexibility index (Phi) is 5.90. The fourth-order valence-electron chi connectivity index (χ4n) is 4.27. The van der Waals surface area contributed by atoms with Crippen LogP contribution in [-0.2, 0) is 16.1 Å². The molecule has 1 N–H and O–H groups in total. The number of rotatable bonds is 6. The molecule has 4 heteroatoms. The second-order valence-electron chi connectivity index (χ2n) is 7.56. The summed E-state index contributed by atoms with van der Waals surface area (Å²) in [6, 6.07) is 11.3. The summed E-state index contributed by atoms with van der Waals surface area (Å²) in [6.45, 7) is 9.50. The molecule has 2 aliphatic heterocycles. The fraction of sp³-hybridized carbons (Fsp3) is 0.650. The maximum absolute atomic E-state index is 11.5. The molecular formula is C20H30N2O2. The maximum atomic E-state index is 11.5. The van der Waals surface area contributed by atoms with Crippen molar-refractivity contribution >= 4 is 5.97 Å². The second kappa shape index (κ2) is 8.13.